The molecule has 0 aliphatic carbocycles. The van der Waals surface area contributed by atoms with Crippen molar-refractivity contribution in [3.05, 3.63) is 29.8 Å². The monoisotopic (exact) mass is 208 g/mol. The lowest BCUT2D eigenvalue weighted by molar-refractivity contribution is -0.117. The van der Waals surface area contributed by atoms with E-state index in [4.69, 9.17) is 10.5 Å². The van der Waals surface area contributed by atoms with Crippen LogP contribution in [0.5, 0.6) is 0 Å². The van der Waals surface area contributed by atoms with Crippen molar-refractivity contribution < 1.29 is 9.53 Å². The Morgan fingerprint density at radius 2 is 2.33 bits per heavy atom. The van der Waals surface area contributed by atoms with Gasteiger partial charge in [-0.3, -0.25) is 4.79 Å². The van der Waals surface area contributed by atoms with Crippen LogP contribution in [0.25, 0.3) is 0 Å². The first-order chi connectivity index (χ1) is 7.13. The van der Waals surface area contributed by atoms with Gasteiger partial charge in [-0.25, -0.2) is 0 Å². The number of carbonyl (C=O) groups excluding carboxylic acids is 1. The Hall–Kier alpha value is -1.39. The Balaban J connectivity index is 2.69. The molecule has 4 heteroatoms. The molecule has 1 aromatic carbocycles. The van der Waals surface area contributed by atoms with E-state index in [1.807, 2.05) is 24.3 Å². The molecular formula is C11H16N2O2. The van der Waals surface area contributed by atoms with Crippen LogP contribution in [-0.4, -0.2) is 19.1 Å². The SMILES string of the molecule is COCc1cccc(NC(=O)C(C)N)c1. The zero-order valence-corrected chi connectivity index (χ0v) is 8.99. The molecule has 4 nitrogen and oxygen atoms in total. The van der Waals surface area contributed by atoms with E-state index in [0.717, 1.165) is 11.3 Å². The van der Waals surface area contributed by atoms with Crippen LogP contribution in [0.15, 0.2) is 24.3 Å². The molecule has 1 aromatic rings. The first kappa shape index (κ1) is 11.7. The highest BCUT2D eigenvalue weighted by Crippen LogP contribution is 2.11. The number of benzene rings is 1. The topological polar surface area (TPSA) is 64.3 Å². The summed E-state index contributed by atoms with van der Waals surface area (Å²) in [5.74, 6) is -0.190. The molecule has 3 N–H and O–H groups in total. The molecule has 0 aliphatic heterocycles. The molecule has 1 amide bonds. The van der Waals surface area contributed by atoms with E-state index in [0.29, 0.717) is 6.61 Å². The van der Waals surface area contributed by atoms with Crippen LogP contribution >= 0.6 is 0 Å². The summed E-state index contributed by atoms with van der Waals surface area (Å²) in [4.78, 5) is 11.3. The van der Waals surface area contributed by atoms with Crippen LogP contribution in [0.1, 0.15) is 12.5 Å². The molecule has 0 spiro atoms. The van der Waals surface area contributed by atoms with E-state index in [1.165, 1.54) is 0 Å². The molecule has 0 bridgehead atoms. The summed E-state index contributed by atoms with van der Waals surface area (Å²) in [6.45, 7) is 2.18. The number of methoxy groups -OCH3 is 1. The van der Waals surface area contributed by atoms with Crippen LogP contribution in [0.2, 0.25) is 0 Å². The number of ether oxygens (including phenoxy) is 1. The third kappa shape index (κ3) is 3.69. The molecule has 0 saturated carbocycles. The summed E-state index contributed by atoms with van der Waals surface area (Å²) in [6, 6.07) is 6.98. The summed E-state index contributed by atoms with van der Waals surface area (Å²) in [6.07, 6.45) is 0. The molecule has 1 atom stereocenters. The van der Waals surface area contributed by atoms with Gasteiger partial charge < -0.3 is 15.8 Å². The van der Waals surface area contributed by atoms with Gasteiger partial charge >= 0.3 is 0 Å². The molecule has 0 fully saturated rings. The average Bonchev–Trinajstić information content (AvgIpc) is 2.18. The Kier molecular flexibility index (Phi) is 4.27. The number of nitrogens with one attached hydrogen (secondary N) is 1. The quantitative estimate of drug-likeness (QED) is 0.779. The Morgan fingerprint density at radius 1 is 1.60 bits per heavy atom. The minimum absolute atomic E-state index is 0.190. The maximum absolute atomic E-state index is 11.3. The van der Waals surface area contributed by atoms with Gasteiger partial charge in [0.25, 0.3) is 0 Å². The molecule has 82 valence electrons. The molecule has 15 heavy (non-hydrogen) atoms. The van der Waals surface area contributed by atoms with Crippen molar-refractivity contribution in [2.24, 2.45) is 5.73 Å². The van der Waals surface area contributed by atoms with Gasteiger partial charge in [-0.05, 0) is 24.6 Å². The van der Waals surface area contributed by atoms with Crippen molar-refractivity contribution >= 4 is 11.6 Å². The smallest absolute Gasteiger partial charge is 0.240 e. The minimum atomic E-state index is -0.504. The maximum Gasteiger partial charge on any atom is 0.240 e. The zero-order chi connectivity index (χ0) is 11.3. The predicted molar refractivity (Wildman–Crippen MR) is 59.4 cm³/mol. The molecule has 0 heterocycles. The fourth-order valence-electron chi connectivity index (χ4n) is 1.16. The molecular weight excluding hydrogens is 192 g/mol. The summed E-state index contributed by atoms with van der Waals surface area (Å²) < 4.78 is 5.00. The maximum atomic E-state index is 11.3. The van der Waals surface area contributed by atoms with Crippen molar-refractivity contribution in [1.82, 2.24) is 0 Å². The second kappa shape index (κ2) is 5.48. The summed E-state index contributed by atoms with van der Waals surface area (Å²) in [5, 5.41) is 2.72. The fraction of sp³-hybridized carbons (Fsp3) is 0.364. The average molecular weight is 208 g/mol. The molecule has 0 aromatic heterocycles. The summed E-state index contributed by atoms with van der Waals surface area (Å²) in [5.41, 5.74) is 7.20. The van der Waals surface area contributed by atoms with Crippen molar-refractivity contribution in [2.75, 3.05) is 12.4 Å². The van der Waals surface area contributed by atoms with E-state index in [-0.39, 0.29) is 5.91 Å². The number of amides is 1. The van der Waals surface area contributed by atoms with Gasteiger partial charge in [0.2, 0.25) is 5.91 Å². The van der Waals surface area contributed by atoms with Gasteiger partial charge in [0.15, 0.2) is 0 Å². The first-order valence-corrected chi connectivity index (χ1v) is 4.78. The van der Waals surface area contributed by atoms with E-state index in [2.05, 4.69) is 5.32 Å². The minimum Gasteiger partial charge on any atom is -0.380 e. The summed E-state index contributed by atoms with van der Waals surface area (Å²) in [7, 11) is 1.63. The van der Waals surface area contributed by atoms with E-state index in [1.54, 1.807) is 14.0 Å². The number of anilines is 1. The van der Waals surface area contributed by atoms with Gasteiger partial charge in [0.05, 0.1) is 12.6 Å². The standard InChI is InChI=1S/C11H16N2O2/c1-8(12)11(14)13-10-5-3-4-9(6-10)7-15-2/h3-6,8H,7,12H2,1-2H3,(H,13,14). The zero-order valence-electron chi connectivity index (χ0n) is 8.99. The highest BCUT2D eigenvalue weighted by molar-refractivity contribution is 5.94. The van der Waals surface area contributed by atoms with Gasteiger partial charge in [0, 0.05) is 12.8 Å². The highest BCUT2D eigenvalue weighted by atomic mass is 16.5. The first-order valence-electron chi connectivity index (χ1n) is 4.78. The van der Waals surface area contributed by atoms with Gasteiger partial charge in [0.1, 0.15) is 0 Å². The normalized spacial score (nSPS) is 12.2. The number of carbonyl (C=O) groups is 1. The van der Waals surface area contributed by atoms with Crippen LogP contribution in [0.3, 0.4) is 0 Å². The number of rotatable bonds is 4. The molecule has 0 aliphatic rings. The second-order valence-corrected chi connectivity index (χ2v) is 3.41. The van der Waals surface area contributed by atoms with Gasteiger partial charge in [-0.2, -0.15) is 0 Å². The predicted octanol–water partition coefficient (Wildman–Crippen LogP) is 1.12. The molecule has 1 rings (SSSR count). The highest BCUT2D eigenvalue weighted by Gasteiger charge is 2.07. The van der Waals surface area contributed by atoms with Gasteiger partial charge in [-0.1, -0.05) is 12.1 Å². The number of nitrogens with two attached hydrogens (primary N) is 1. The van der Waals surface area contributed by atoms with E-state index in [9.17, 15) is 4.79 Å². The van der Waals surface area contributed by atoms with Crippen LogP contribution in [-0.2, 0) is 16.1 Å². The molecule has 0 saturated heterocycles. The third-order valence-corrected chi connectivity index (χ3v) is 1.92. The van der Waals surface area contributed by atoms with Crippen molar-refractivity contribution in [2.45, 2.75) is 19.6 Å². The Morgan fingerprint density at radius 3 is 2.93 bits per heavy atom. The van der Waals surface area contributed by atoms with Gasteiger partial charge in [-0.15, -0.1) is 0 Å². The lowest BCUT2D eigenvalue weighted by Gasteiger charge is -2.08. The third-order valence-electron chi connectivity index (χ3n) is 1.92. The number of hydrogen-bond donors (Lipinski definition) is 2. The van der Waals surface area contributed by atoms with Crippen LogP contribution in [0, 0.1) is 0 Å². The van der Waals surface area contributed by atoms with Crippen LogP contribution < -0.4 is 11.1 Å². The summed E-state index contributed by atoms with van der Waals surface area (Å²) >= 11 is 0. The van der Waals surface area contributed by atoms with Crippen molar-refractivity contribution in [3.8, 4) is 0 Å². The largest absolute Gasteiger partial charge is 0.380 e. The number of hydrogen-bond acceptors (Lipinski definition) is 3. The Labute approximate surface area is 89.4 Å². The molecule has 0 radical (unpaired) electrons. The van der Waals surface area contributed by atoms with Crippen LogP contribution in [0.4, 0.5) is 5.69 Å². The molecule has 1 unspecified atom stereocenters. The second-order valence-electron chi connectivity index (χ2n) is 3.41. The lowest BCUT2D eigenvalue weighted by atomic mass is 10.2. The fourth-order valence-corrected chi connectivity index (χ4v) is 1.16. The Bertz CT molecular complexity index is 337. The van der Waals surface area contributed by atoms with Crippen molar-refractivity contribution in [1.29, 1.82) is 0 Å². The van der Waals surface area contributed by atoms with E-state index < -0.39 is 6.04 Å². The van der Waals surface area contributed by atoms with Crippen molar-refractivity contribution in [3.63, 3.8) is 0 Å². The van der Waals surface area contributed by atoms with E-state index >= 15 is 0 Å². The lowest BCUT2D eigenvalue weighted by Crippen LogP contribution is -2.32.